The van der Waals surface area contributed by atoms with Crippen molar-refractivity contribution in [1.29, 1.82) is 5.26 Å². The Labute approximate surface area is 118 Å². The highest BCUT2D eigenvalue weighted by Gasteiger charge is 2.17. The van der Waals surface area contributed by atoms with Gasteiger partial charge < -0.3 is 9.80 Å². The van der Waals surface area contributed by atoms with Crippen molar-refractivity contribution in [2.24, 2.45) is 0 Å². The molecule has 0 amide bonds. The zero-order valence-corrected chi connectivity index (χ0v) is 11.6. The molecule has 106 valence electrons. The summed E-state index contributed by atoms with van der Waals surface area (Å²) in [5.41, 5.74) is 0.750. The van der Waals surface area contributed by atoms with E-state index in [0.29, 0.717) is 0 Å². The first-order valence-electron chi connectivity index (χ1n) is 6.74. The van der Waals surface area contributed by atoms with Gasteiger partial charge in [-0.25, -0.2) is 0 Å². The third kappa shape index (κ3) is 3.25. The number of hydrogen-bond donors (Lipinski definition) is 0. The van der Waals surface area contributed by atoms with Crippen LogP contribution in [0.2, 0.25) is 0 Å². The maximum absolute atomic E-state index is 11.0. The smallest absolute Gasteiger partial charge is 0.289 e. The monoisotopic (exact) mass is 274 g/mol. The molecule has 0 spiro atoms. The lowest BCUT2D eigenvalue weighted by Crippen LogP contribution is -2.31. The molecule has 0 saturated carbocycles. The Balaban J connectivity index is 2.05. The van der Waals surface area contributed by atoms with Gasteiger partial charge in [-0.2, -0.15) is 5.26 Å². The van der Waals surface area contributed by atoms with Gasteiger partial charge in [0.15, 0.2) is 0 Å². The molecule has 1 aliphatic heterocycles. The Morgan fingerprint density at radius 2 is 2.15 bits per heavy atom. The first-order valence-corrected chi connectivity index (χ1v) is 6.74. The van der Waals surface area contributed by atoms with Gasteiger partial charge in [-0.15, -0.1) is 0 Å². The number of nitro groups is 1. The van der Waals surface area contributed by atoms with Crippen molar-refractivity contribution in [1.82, 2.24) is 4.90 Å². The molecule has 1 aromatic carbocycles. The van der Waals surface area contributed by atoms with Crippen molar-refractivity contribution in [3.8, 4) is 6.07 Å². The van der Waals surface area contributed by atoms with Crippen molar-refractivity contribution in [2.45, 2.75) is 12.8 Å². The van der Waals surface area contributed by atoms with E-state index in [1.807, 2.05) is 18.0 Å². The van der Waals surface area contributed by atoms with E-state index in [1.165, 1.54) is 25.0 Å². The average molecular weight is 274 g/mol. The molecule has 0 unspecified atom stereocenters. The fraction of sp³-hybridized carbons (Fsp3) is 0.500. The summed E-state index contributed by atoms with van der Waals surface area (Å²) in [7, 11) is 1.92. The van der Waals surface area contributed by atoms with E-state index in [4.69, 9.17) is 5.26 Å². The maximum Gasteiger partial charge on any atom is 0.289 e. The Kier molecular flexibility index (Phi) is 4.53. The van der Waals surface area contributed by atoms with Gasteiger partial charge in [-0.05, 0) is 38.1 Å². The van der Waals surface area contributed by atoms with Crippen LogP contribution >= 0.6 is 0 Å². The average Bonchev–Trinajstić information content (AvgIpc) is 2.97. The molecular weight excluding hydrogens is 256 g/mol. The van der Waals surface area contributed by atoms with Crippen molar-refractivity contribution >= 4 is 11.4 Å². The summed E-state index contributed by atoms with van der Waals surface area (Å²) in [6.07, 6.45) is 2.51. The molecular formula is C14H18N4O2. The van der Waals surface area contributed by atoms with Crippen LogP contribution in [0.15, 0.2) is 18.2 Å². The summed E-state index contributed by atoms with van der Waals surface area (Å²) in [6, 6.07) is 6.60. The minimum atomic E-state index is -0.504. The van der Waals surface area contributed by atoms with E-state index in [1.54, 1.807) is 6.07 Å². The molecule has 2 rings (SSSR count). The van der Waals surface area contributed by atoms with Crippen molar-refractivity contribution in [2.75, 3.05) is 38.1 Å². The maximum atomic E-state index is 11.0. The molecule has 0 aliphatic carbocycles. The molecule has 0 bridgehead atoms. The predicted molar refractivity (Wildman–Crippen MR) is 76.8 cm³/mol. The number of benzene rings is 1. The lowest BCUT2D eigenvalue weighted by molar-refractivity contribution is -0.385. The zero-order chi connectivity index (χ0) is 14.5. The van der Waals surface area contributed by atoms with Gasteiger partial charge in [-0.1, -0.05) is 0 Å². The number of nitrogens with zero attached hydrogens (tertiary/aromatic N) is 4. The second-order valence-electron chi connectivity index (χ2n) is 5.04. The second-order valence-corrected chi connectivity index (χ2v) is 5.04. The Morgan fingerprint density at radius 1 is 1.45 bits per heavy atom. The Morgan fingerprint density at radius 3 is 2.75 bits per heavy atom. The summed E-state index contributed by atoms with van der Waals surface area (Å²) < 4.78 is 0. The first kappa shape index (κ1) is 14.3. The fourth-order valence-electron chi connectivity index (χ4n) is 2.43. The van der Waals surface area contributed by atoms with Crippen LogP contribution in [0, 0.1) is 21.4 Å². The molecule has 1 saturated heterocycles. The lowest BCUT2D eigenvalue weighted by Gasteiger charge is -2.23. The van der Waals surface area contributed by atoms with Gasteiger partial charge >= 0.3 is 0 Å². The molecule has 6 nitrogen and oxygen atoms in total. The molecule has 6 heteroatoms. The highest BCUT2D eigenvalue weighted by molar-refractivity contribution is 5.60. The van der Waals surface area contributed by atoms with Crippen LogP contribution in [-0.4, -0.2) is 43.0 Å². The number of nitriles is 1. The first-order chi connectivity index (χ1) is 9.61. The van der Waals surface area contributed by atoms with Gasteiger partial charge in [0.1, 0.15) is 11.6 Å². The van der Waals surface area contributed by atoms with E-state index >= 15 is 0 Å². The van der Waals surface area contributed by atoms with Crippen molar-refractivity contribution < 1.29 is 4.92 Å². The molecule has 20 heavy (non-hydrogen) atoms. The Hall–Kier alpha value is -2.13. The SMILES string of the molecule is CN(CCN1CCCC1)c1ccc(C#N)c([N+](=O)[O-])c1. The number of hydrogen-bond acceptors (Lipinski definition) is 5. The van der Waals surface area contributed by atoms with Crippen LogP contribution in [0.1, 0.15) is 18.4 Å². The third-order valence-corrected chi connectivity index (χ3v) is 3.69. The molecule has 1 aliphatic rings. The minimum Gasteiger partial charge on any atom is -0.373 e. The summed E-state index contributed by atoms with van der Waals surface area (Å²) in [5.74, 6) is 0. The van der Waals surface area contributed by atoms with Crippen LogP contribution in [0.25, 0.3) is 0 Å². The fourth-order valence-corrected chi connectivity index (χ4v) is 2.43. The van der Waals surface area contributed by atoms with Gasteiger partial charge in [0.25, 0.3) is 5.69 Å². The molecule has 0 N–H and O–H groups in total. The van der Waals surface area contributed by atoms with E-state index in [2.05, 4.69) is 4.90 Å². The van der Waals surface area contributed by atoms with Crippen LogP contribution in [-0.2, 0) is 0 Å². The molecule has 1 heterocycles. The number of rotatable bonds is 5. The topological polar surface area (TPSA) is 73.4 Å². The molecule has 0 radical (unpaired) electrons. The molecule has 0 atom stereocenters. The highest BCUT2D eigenvalue weighted by atomic mass is 16.6. The van der Waals surface area contributed by atoms with Gasteiger partial charge in [0.2, 0.25) is 0 Å². The molecule has 0 aromatic heterocycles. The number of likely N-dealkylation sites (N-methyl/N-ethyl adjacent to an activating group) is 1. The summed E-state index contributed by atoms with van der Waals surface area (Å²) in [4.78, 5) is 14.8. The third-order valence-electron chi connectivity index (χ3n) is 3.69. The quantitative estimate of drug-likeness (QED) is 0.606. The highest BCUT2D eigenvalue weighted by Crippen LogP contribution is 2.24. The van der Waals surface area contributed by atoms with Crippen LogP contribution < -0.4 is 4.90 Å². The van der Waals surface area contributed by atoms with E-state index in [9.17, 15) is 10.1 Å². The van der Waals surface area contributed by atoms with Crippen LogP contribution in [0.5, 0.6) is 0 Å². The molecule has 1 aromatic rings. The van der Waals surface area contributed by atoms with E-state index in [0.717, 1.165) is 31.9 Å². The minimum absolute atomic E-state index is 0.103. The summed E-state index contributed by atoms with van der Waals surface area (Å²) in [6.45, 7) is 4.07. The van der Waals surface area contributed by atoms with Gasteiger partial charge in [0, 0.05) is 31.9 Å². The van der Waals surface area contributed by atoms with Crippen LogP contribution in [0.4, 0.5) is 11.4 Å². The van der Waals surface area contributed by atoms with E-state index in [-0.39, 0.29) is 11.3 Å². The second kappa shape index (κ2) is 6.35. The summed E-state index contributed by atoms with van der Waals surface area (Å²) >= 11 is 0. The Bertz CT molecular complexity index is 532. The summed E-state index contributed by atoms with van der Waals surface area (Å²) in [5, 5.41) is 19.8. The van der Waals surface area contributed by atoms with E-state index < -0.39 is 4.92 Å². The van der Waals surface area contributed by atoms with Crippen molar-refractivity contribution in [3.63, 3.8) is 0 Å². The van der Waals surface area contributed by atoms with Gasteiger partial charge in [-0.3, -0.25) is 10.1 Å². The lowest BCUT2D eigenvalue weighted by atomic mass is 10.1. The predicted octanol–water partition coefficient (Wildman–Crippen LogP) is 2.00. The number of anilines is 1. The standard InChI is InChI=1S/C14H18N4O2/c1-16(8-9-17-6-2-3-7-17)13-5-4-12(11-15)14(10-13)18(19)20/h4-5,10H,2-3,6-9H2,1H3. The molecule has 1 fully saturated rings. The van der Waals surface area contributed by atoms with Crippen LogP contribution in [0.3, 0.4) is 0 Å². The number of likely N-dealkylation sites (tertiary alicyclic amines) is 1. The largest absolute Gasteiger partial charge is 0.373 e. The zero-order valence-electron chi connectivity index (χ0n) is 11.6. The number of nitro benzene ring substituents is 1. The van der Waals surface area contributed by atoms with Crippen molar-refractivity contribution in [3.05, 3.63) is 33.9 Å². The normalized spacial score (nSPS) is 15.0. The van der Waals surface area contributed by atoms with Gasteiger partial charge in [0.05, 0.1) is 4.92 Å².